The van der Waals surface area contributed by atoms with Gasteiger partial charge in [0, 0.05) is 42.9 Å². The van der Waals surface area contributed by atoms with Crippen LogP contribution in [0.25, 0.3) is 11.4 Å². The molecule has 3 aromatic rings. The van der Waals surface area contributed by atoms with Crippen molar-refractivity contribution in [2.24, 2.45) is 0 Å². The molecule has 130 valence electrons. The van der Waals surface area contributed by atoms with Gasteiger partial charge in [-0.25, -0.2) is 18.7 Å². The molecular formula is C20H15F2N3O. The van der Waals surface area contributed by atoms with Crippen molar-refractivity contribution >= 4 is 5.91 Å². The summed E-state index contributed by atoms with van der Waals surface area (Å²) < 4.78 is 26.9. The highest BCUT2D eigenvalue weighted by atomic mass is 19.1. The molecule has 0 aliphatic carbocycles. The third-order valence-corrected chi connectivity index (χ3v) is 4.41. The van der Waals surface area contributed by atoms with E-state index in [0.29, 0.717) is 25.3 Å². The van der Waals surface area contributed by atoms with Gasteiger partial charge in [0.05, 0.1) is 11.3 Å². The lowest BCUT2D eigenvalue weighted by Crippen LogP contribution is -2.37. The molecule has 4 nitrogen and oxygen atoms in total. The minimum Gasteiger partial charge on any atom is -0.334 e. The van der Waals surface area contributed by atoms with E-state index in [1.165, 1.54) is 11.0 Å². The van der Waals surface area contributed by atoms with Crippen LogP contribution in [0, 0.1) is 11.6 Å². The summed E-state index contributed by atoms with van der Waals surface area (Å²) in [7, 11) is 0. The quantitative estimate of drug-likeness (QED) is 0.708. The van der Waals surface area contributed by atoms with Gasteiger partial charge in [0.15, 0.2) is 5.82 Å². The summed E-state index contributed by atoms with van der Waals surface area (Å²) >= 11 is 0. The Labute approximate surface area is 149 Å². The predicted molar refractivity (Wildman–Crippen MR) is 92.3 cm³/mol. The van der Waals surface area contributed by atoms with Crippen molar-refractivity contribution in [2.75, 3.05) is 6.54 Å². The Hall–Kier alpha value is -3.15. The summed E-state index contributed by atoms with van der Waals surface area (Å²) in [5, 5.41) is 0. The van der Waals surface area contributed by atoms with Crippen LogP contribution in [-0.2, 0) is 13.0 Å². The maximum Gasteiger partial charge on any atom is 0.257 e. The van der Waals surface area contributed by atoms with E-state index >= 15 is 0 Å². The third-order valence-electron chi connectivity index (χ3n) is 4.41. The molecular weight excluding hydrogens is 336 g/mol. The minimum atomic E-state index is -0.850. The molecule has 4 rings (SSSR count). The molecule has 1 aliphatic rings. The number of nitrogens with zero attached hydrogens (tertiary/aromatic N) is 3. The zero-order chi connectivity index (χ0) is 18.1. The van der Waals surface area contributed by atoms with Crippen molar-refractivity contribution in [1.82, 2.24) is 14.9 Å². The lowest BCUT2D eigenvalue weighted by Gasteiger charge is -2.28. The van der Waals surface area contributed by atoms with Gasteiger partial charge >= 0.3 is 0 Å². The molecule has 0 spiro atoms. The summed E-state index contributed by atoms with van der Waals surface area (Å²) in [5.74, 6) is -1.37. The van der Waals surface area contributed by atoms with Crippen LogP contribution in [0.2, 0.25) is 0 Å². The maximum atomic E-state index is 13.9. The van der Waals surface area contributed by atoms with Gasteiger partial charge in [-0.1, -0.05) is 30.3 Å². The first-order valence-corrected chi connectivity index (χ1v) is 8.26. The van der Waals surface area contributed by atoms with E-state index in [2.05, 4.69) is 9.97 Å². The molecule has 0 saturated heterocycles. The summed E-state index contributed by atoms with van der Waals surface area (Å²) in [6.07, 6.45) is 2.28. The van der Waals surface area contributed by atoms with E-state index in [-0.39, 0.29) is 5.56 Å². The Morgan fingerprint density at radius 3 is 2.65 bits per heavy atom. The van der Waals surface area contributed by atoms with Crippen LogP contribution in [0.3, 0.4) is 0 Å². The van der Waals surface area contributed by atoms with Crippen molar-refractivity contribution in [3.05, 3.63) is 83.2 Å². The van der Waals surface area contributed by atoms with Gasteiger partial charge in [0.25, 0.3) is 5.91 Å². The average Bonchev–Trinajstić information content (AvgIpc) is 2.67. The topological polar surface area (TPSA) is 46.1 Å². The highest BCUT2D eigenvalue weighted by Crippen LogP contribution is 2.23. The number of hydrogen-bond acceptors (Lipinski definition) is 3. The van der Waals surface area contributed by atoms with Crippen molar-refractivity contribution in [3.8, 4) is 11.4 Å². The fourth-order valence-corrected chi connectivity index (χ4v) is 3.05. The molecule has 1 amide bonds. The number of carbonyl (C=O) groups is 1. The second kappa shape index (κ2) is 6.63. The van der Waals surface area contributed by atoms with Gasteiger partial charge in [0.2, 0.25) is 0 Å². The first-order chi connectivity index (χ1) is 12.6. The highest BCUT2D eigenvalue weighted by Gasteiger charge is 2.25. The lowest BCUT2D eigenvalue weighted by atomic mass is 10.0. The summed E-state index contributed by atoms with van der Waals surface area (Å²) in [6.45, 7) is 0.730. The molecule has 2 aromatic carbocycles. The van der Waals surface area contributed by atoms with Crippen LogP contribution in [0.1, 0.15) is 21.6 Å². The zero-order valence-electron chi connectivity index (χ0n) is 13.8. The molecule has 2 heterocycles. The van der Waals surface area contributed by atoms with Crippen LogP contribution in [-0.4, -0.2) is 27.3 Å². The normalized spacial score (nSPS) is 13.4. The maximum absolute atomic E-state index is 13.9. The van der Waals surface area contributed by atoms with Gasteiger partial charge in [-0.2, -0.15) is 0 Å². The van der Waals surface area contributed by atoms with Crippen LogP contribution < -0.4 is 0 Å². The van der Waals surface area contributed by atoms with E-state index in [1.807, 2.05) is 30.3 Å². The minimum absolute atomic E-state index is 0.128. The van der Waals surface area contributed by atoms with Crippen molar-refractivity contribution < 1.29 is 13.6 Å². The fourth-order valence-electron chi connectivity index (χ4n) is 3.05. The molecule has 0 unspecified atom stereocenters. The average molecular weight is 351 g/mol. The van der Waals surface area contributed by atoms with Crippen LogP contribution in [0.4, 0.5) is 8.78 Å². The monoisotopic (exact) mass is 351 g/mol. The number of rotatable bonds is 2. The first kappa shape index (κ1) is 16.3. The van der Waals surface area contributed by atoms with E-state index in [9.17, 15) is 13.6 Å². The van der Waals surface area contributed by atoms with E-state index in [1.54, 1.807) is 6.20 Å². The van der Waals surface area contributed by atoms with Gasteiger partial charge < -0.3 is 4.90 Å². The third kappa shape index (κ3) is 3.06. The van der Waals surface area contributed by atoms with Crippen LogP contribution in [0.15, 0.2) is 54.7 Å². The van der Waals surface area contributed by atoms with Crippen molar-refractivity contribution in [3.63, 3.8) is 0 Å². The SMILES string of the molecule is O=C(c1ccc(F)cc1F)N1CCc2nc(-c3ccccc3)ncc2C1. The molecule has 0 radical (unpaired) electrons. The van der Waals surface area contributed by atoms with E-state index < -0.39 is 17.5 Å². The van der Waals surface area contributed by atoms with Crippen molar-refractivity contribution in [2.45, 2.75) is 13.0 Å². The molecule has 0 N–H and O–H groups in total. The Kier molecular flexibility index (Phi) is 4.16. The van der Waals surface area contributed by atoms with Gasteiger partial charge in [0.1, 0.15) is 11.6 Å². The number of benzene rings is 2. The lowest BCUT2D eigenvalue weighted by molar-refractivity contribution is 0.0728. The second-order valence-corrected chi connectivity index (χ2v) is 6.13. The first-order valence-electron chi connectivity index (χ1n) is 8.26. The molecule has 0 atom stereocenters. The standard InChI is InChI=1S/C20H15F2N3O/c21-15-6-7-16(17(22)10-15)20(26)25-9-8-18-14(12-25)11-23-19(24-18)13-4-2-1-3-5-13/h1-7,10-11H,8-9,12H2. The molecule has 0 fully saturated rings. The Balaban J connectivity index is 1.57. The molecule has 0 bridgehead atoms. The number of fused-ring (bicyclic) bond motifs is 1. The number of amides is 1. The van der Waals surface area contributed by atoms with E-state index in [4.69, 9.17) is 0 Å². The largest absolute Gasteiger partial charge is 0.334 e. The molecule has 0 saturated carbocycles. The van der Waals surface area contributed by atoms with Gasteiger partial charge in [-0.3, -0.25) is 4.79 Å². The predicted octanol–water partition coefficient (Wildman–Crippen LogP) is 3.62. The van der Waals surface area contributed by atoms with Gasteiger partial charge in [-0.05, 0) is 12.1 Å². The Bertz CT molecular complexity index is 976. The Morgan fingerprint density at radius 1 is 1.08 bits per heavy atom. The molecule has 6 heteroatoms. The number of carbonyl (C=O) groups excluding carboxylic acids is 1. The van der Waals surface area contributed by atoms with Gasteiger partial charge in [-0.15, -0.1) is 0 Å². The number of aromatic nitrogens is 2. The fraction of sp³-hybridized carbons (Fsp3) is 0.150. The van der Waals surface area contributed by atoms with Crippen LogP contribution in [0.5, 0.6) is 0 Å². The Morgan fingerprint density at radius 2 is 1.88 bits per heavy atom. The summed E-state index contributed by atoms with van der Waals surface area (Å²) in [4.78, 5) is 23.1. The van der Waals surface area contributed by atoms with E-state index in [0.717, 1.165) is 29.0 Å². The molecule has 1 aromatic heterocycles. The second-order valence-electron chi connectivity index (χ2n) is 6.13. The zero-order valence-corrected chi connectivity index (χ0v) is 13.8. The van der Waals surface area contributed by atoms with Crippen LogP contribution >= 0.6 is 0 Å². The molecule has 1 aliphatic heterocycles. The number of hydrogen-bond donors (Lipinski definition) is 0. The summed E-state index contributed by atoms with van der Waals surface area (Å²) in [5.41, 5.74) is 2.54. The molecule has 26 heavy (non-hydrogen) atoms. The van der Waals surface area contributed by atoms with Crippen molar-refractivity contribution in [1.29, 1.82) is 0 Å². The highest BCUT2D eigenvalue weighted by molar-refractivity contribution is 5.94. The smallest absolute Gasteiger partial charge is 0.257 e. The number of halogens is 2. The summed E-state index contributed by atoms with van der Waals surface area (Å²) in [6, 6.07) is 12.7.